The molecule has 3 heteroatoms. The highest BCUT2D eigenvalue weighted by atomic mass is 15.3. The molecule has 112 valence electrons. The summed E-state index contributed by atoms with van der Waals surface area (Å²) in [5.41, 5.74) is 2.43. The molecule has 1 saturated carbocycles. The van der Waals surface area contributed by atoms with E-state index in [1.807, 2.05) is 16.9 Å². The summed E-state index contributed by atoms with van der Waals surface area (Å²) in [6.07, 6.45) is 9.59. The van der Waals surface area contributed by atoms with Crippen molar-refractivity contribution in [3.63, 3.8) is 0 Å². The standard InChI is InChI=1S/C18H25N3/c1-14-7-6-8-15(11-14)18(19-2)16-12-20-21(13-16)17-9-4-3-5-10-17/h3-5,9-10,12-15,18-19H,6-8,11H2,1-2H3. The third-order valence-corrected chi connectivity index (χ3v) is 4.74. The van der Waals surface area contributed by atoms with Crippen LogP contribution in [0.15, 0.2) is 42.7 Å². The number of hydrogen-bond donors (Lipinski definition) is 1. The van der Waals surface area contributed by atoms with Crippen LogP contribution in [0.5, 0.6) is 0 Å². The summed E-state index contributed by atoms with van der Waals surface area (Å²) in [4.78, 5) is 0. The van der Waals surface area contributed by atoms with Gasteiger partial charge in [0.15, 0.2) is 0 Å². The van der Waals surface area contributed by atoms with Gasteiger partial charge in [0, 0.05) is 17.8 Å². The van der Waals surface area contributed by atoms with Crippen LogP contribution < -0.4 is 5.32 Å². The van der Waals surface area contributed by atoms with Crippen LogP contribution in [-0.4, -0.2) is 16.8 Å². The first-order chi connectivity index (χ1) is 10.3. The van der Waals surface area contributed by atoms with E-state index in [1.54, 1.807) is 0 Å². The molecule has 1 fully saturated rings. The fourth-order valence-electron chi connectivity index (χ4n) is 3.68. The van der Waals surface area contributed by atoms with Crippen LogP contribution in [-0.2, 0) is 0 Å². The Morgan fingerprint density at radius 3 is 2.76 bits per heavy atom. The molecule has 3 atom stereocenters. The highest BCUT2D eigenvalue weighted by molar-refractivity contribution is 5.31. The van der Waals surface area contributed by atoms with Crippen molar-refractivity contribution in [3.8, 4) is 5.69 Å². The van der Waals surface area contributed by atoms with E-state index in [9.17, 15) is 0 Å². The van der Waals surface area contributed by atoms with E-state index in [4.69, 9.17) is 0 Å². The number of aromatic nitrogens is 2. The lowest BCUT2D eigenvalue weighted by atomic mass is 9.77. The fraction of sp³-hybridized carbons (Fsp3) is 0.500. The van der Waals surface area contributed by atoms with Crippen molar-refractivity contribution in [3.05, 3.63) is 48.3 Å². The van der Waals surface area contributed by atoms with Crippen LogP contribution in [0.4, 0.5) is 0 Å². The SMILES string of the molecule is CNC(c1cnn(-c2ccccc2)c1)C1CCCC(C)C1. The van der Waals surface area contributed by atoms with E-state index in [-0.39, 0.29) is 0 Å². The zero-order chi connectivity index (χ0) is 14.7. The predicted molar refractivity (Wildman–Crippen MR) is 86.5 cm³/mol. The quantitative estimate of drug-likeness (QED) is 0.920. The van der Waals surface area contributed by atoms with Gasteiger partial charge in [0.25, 0.3) is 0 Å². The Hall–Kier alpha value is -1.61. The van der Waals surface area contributed by atoms with E-state index in [1.165, 1.54) is 31.2 Å². The lowest BCUT2D eigenvalue weighted by Gasteiger charge is -2.32. The van der Waals surface area contributed by atoms with Gasteiger partial charge in [-0.25, -0.2) is 4.68 Å². The van der Waals surface area contributed by atoms with E-state index in [0.717, 1.165) is 17.5 Å². The Morgan fingerprint density at radius 1 is 1.24 bits per heavy atom. The Labute approximate surface area is 127 Å². The van der Waals surface area contributed by atoms with Crippen molar-refractivity contribution in [2.75, 3.05) is 7.05 Å². The lowest BCUT2D eigenvalue weighted by Crippen LogP contribution is -2.28. The van der Waals surface area contributed by atoms with Gasteiger partial charge in [-0.2, -0.15) is 5.10 Å². The van der Waals surface area contributed by atoms with E-state index in [2.05, 4.69) is 54.8 Å². The molecule has 21 heavy (non-hydrogen) atoms. The van der Waals surface area contributed by atoms with Crippen LogP contribution in [0.1, 0.15) is 44.2 Å². The van der Waals surface area contributed by atoms with Crippen LogP contribution in [0, 0.1) is 11.8 Å². The zero-order valence-electron chi connectivity index (χ0n) is 13.0. The normalized spacial score (nSPS) is 23.9. The average molecular weight is 283 g/mol. The number of nitrogens with one attached hydrogen (secondary N) is 1. The van der Waals surface area contributed by atoms with Gasteiger partial charge in [-0.15, -0.1) is 0 Å². The van der Waals surface area contributed by atoms with E-state index >= 15 is 0 Å². The zero-order valence-corrected chi connectivity index (χ0v) is 13.0. The van der Waals surface area contributed by atoms with Crippen molar-refractivity contribution >= 4 is 0 Å². The Morgan fingerprint density at radius 2 is 2.05 bits per heavy atom. The van der Waals surface area contributed by atoms with Crippen molar-refractivity contribution in [2.45, 2.75) is 38.6 Å². The van der Waals surface area contributed by atoms with Gasteiger partial charge in [-0.05, 0) is 43.9 Å². The molecule has 0 aliphatic heterocycles. The number of para-hydroxylation sites is 1. The fourth-order valence-corrected chi connectivity index (χ4v) is 3.68. The minimum Gasteiger partial charge on any atom is -0.313 e. The minimum atomic E-state index is 0.421. The maximum absolute atomic E-state index is 4.55. The summed E-state index contributed by atoms with van der Waals surface area (Å²) >= 11 is 0. The van der Waals surface area contributed by atoms with Crippen LogP contribution >= 0.6 is 0 Å². The van der Waals surface area contributed by atoms with Gasteiger partial charge in [0.05, 0.1) is 11.9 Å². The first-order valence-electron chi connectivity index (χ1n) is 8.05. The topological polar surface area (TPSA) is 29.9 Å². The summed E-state index contributed by atoms with van der Waals surface area (Å²) in [7, 11) is 2.07. The van der Waals surface area contributed by atoms with Crippen molar-refractivity contribution in [2.24, 2.45) is 11.8 Å². The third-order valence-electron chi connectivity index (χ3n) is 4.74. The highest BCUT2D eigenvalue weighted by Crippen LogP contribution is 2.36. The molecule has 0 bridgehead atoms. The predicted octanol–water partition coefficient (Wildman–Crippen LogP) is 3.96. The second-order valence-corrected chi connectivity index (χ2v) is 6.35. The third kappa shape index (κ3) is 3.18. The number of hydrogen-bond acceptors (Lipinski definition) is 2. The second-order valence-electron chi connectivity index (χ2n) is 6.35. The Balaban J connectivity index is 1.80. The number of rotatable bonds is 4. The van der Waals surface area contributed by atoms with Gasteiger partial charge in [0.2, 0.25) is 0 Å². The first-order valence-corrected chi connectivity index (χ1v) is 8.05. The van der Waals surface area contributed by atoms with Crippen molar-refractivity contribution in [1.29, 1.82) is 0 Å². The van der Waals surface area contributed by atoms with Crippen LogP contribution in [0.3, 0.4) is 0 Å². The molecule has 3 nitrogen and oxygen atoms in total. The molecule has 0 amide bonds. The van der Waals surface area contributed by atoms with Gasteiger partial charge < -0.3 is 5.32 Å². The summed E-state index contributed by atoms with van der Waals surface area (Å²) in [6, 6.07) is 10.7. The summed E-state index contributed by atoms with van der Waals surface area (Å²) in [6.45, 7) is 2.38. The van der Waals surface area contributed by atoms with E-state index in [0.29, 0.717) is 6.04 Å². The van der Waals surface area contributed by atoms with Gasteiger partial charge >= 0.3 is 0 Å². The van der Waals surface area contributed by atoms with Gasteiger partial charge in [-0.3, -0.25) is 0 Å². The summed E-state index contributed by atoms with van der Waals surface area (Å²) in [5, 5.41) is 8.07. The monoisotopic (exact) mass is 283 g/mol. The van der Waals surface area contributed by atoms with Crippen LogP contribution in [0.2, 0.25) is 0 Å². The smallest absolute Gasteiger partial charge is 0.0645 e. The molecule has 0 saturated heterocycles. The molecule has 0 radical (unpaired) electrons. The molecular formula is C18H25N3. The molecule has 0 spiro atoms. The van der Waals surface area contributed by atoms with Crippen molar-refractivity contribution < 1.29 is 0 Å². The number of benzene rings is 1. The maximum Gasteiger partial charge on any atom is 0.0645 e. The molecule has 3 unspecified atom stereocenters. The summed E-state index contributed by atoms with van der Waals surface area (Å²) < 4.78 is 1.98. The Kier molecular flexibility index (Phi) is 4.39. The highest BCUT2D eigenvalue weighted by Gasteiger charge is 2.27. The van der Waals surface area contributed by atoms with Crippen molar-refractivity contribution in [1.82, 2.24) is 15.1 Å². The molecule has 2 aromatic rings. The summed E-state index contributed by atoms with van der Waals surface area (Å²) in [5.74, 6) is 1.58. The molecular weight excluding hydrogens is 258 g/mol. The molecule has 1 heterocycles. The lowest BCUT2D eigenvalue weighted by molar-refractivity contribution is 0.230. The van der Waals surface area contributed by atoms with Gasteiger partial charge in [0.1, 0.15) is 0 Å². The minimum absolute atomic E-state index is 0.421. The molecule has 1 aliphatic rings. The van der Waals surface area contributed by atoms with E-state index < -0.39 is 0 Å². The largest absolute Gasteiger partial charge is 0.313 e. The first kappa shape index (κ1) is 14.3. The van der Waals surface area contributed by atoms with Crippen LogP contribution in [0.25, 0.3) is 5.69 Å². The maximum atomic E-state index is 4.55. The molecule has 1 aliphatic carbocycles. The second kappa shape index (κ2) is 6.44. The molecule has 1 aromatic carbocycles. The molecule has 3 rings (SSSR count). The Bertz CT molecular complexity index is 561. The van der Waals surface area contributed by atoms with Gasteiger partial charge in [-0.1, -0.05) is 38.0 Å². The average Bonchev–Trinajstić information content (AvgIpc) is 2.99. The molecule has 1 N–H and O–H groups in total. The number of nitrogens with zero attached hydrogens (tertiary/aromatic N) is 2. The molecule has 1 aromatic heterocycles.